The molecule has 0 saturated carbocycles. The van der Waals surface area contributed by atoms with Gasteiger partial charge in [0.25, 0.3) is 0 Å². The van der Waals surface area contributed by atoms with Crippen LogP contribution in [0.15, 0.2) is 53.3 Å². The van der Waals surface area contributed by atoms with E-state index in [1.807, 2.05) is 0 Å². The van der Waals surface area contributed by atoms with Crippen LogP contribution >= 0.6 is 0 Å². The number of aryl methyl sites for hydroxylation is 1. The van der Waals surface area contributed by atoms with Crippen LogP contribution in [0.4, 0.5) is 0 Å². The molecule has 1 heterocycles. The number of rotatable bonds is 6. The minimum absolute atomic E-state index is 0.0241. The Morgan fingerprint density at radius 1 is 1.15 bits per heavy atom. The monoisotopic (exact) mass is 365 g/mol. The minimum atomic E-state index is -0.847. The first-order valence-corrected chi connectivity index (χ1v) is 8.29. The second kappa shape index (κ2) is 7.28. The van der Waals surface area contributed by atoms with Crippen molar-refractivity contribution in [1.82, 2.24) is 14.3 Å². The van der Waals surface area contributed by atoms with Crippen molar-refractivity contribution in [2.45, 2.75) is 12.8 Å². The molecule has 2 aromatic carbocycles. The second-order valence-electron chi connectivity index (χ2n) is 6.13. The summed E-state index contributed by atoms with van der Waals surface area (Å²) >= 11 is 0. The average molecular weight is 365 g/mol. The summed E-state index contributed by atoms with van der Waals surface area (Å²) in [6, 6.07) is 14.0. The highest BCUT2D eigenvalue weighted by Gasteiger charge is 2.14. The molecule has 0 amide bonds. The normalized spacial score (nSPS) is 10.7. The lowest BCUT2D eigenvalue weighted by Crippen LogP contribution is -2.21. The number of aromatic nitrogens is 3. The number of hydrogen-bond acceptors (Lipinski definition) is 4. The molecule has 0 aliphatic carbocycles. The number of nitrogen functional groups attached to an aromatic ring is 1. The Hall–Kier alpha value is -3.68. The van der Waals surface area contributed by atoms with Crippen molar-refractivity contribution in [3.63, 3.8) is 0 Å². The SMILES string of the molecule is Cn1c(-c2ccc(C(=N)N)cc2)nn(-c2ccc(CCC(=O)O)cc2)c1=O. The molecule has 0 radical (unpaired) electrons. The van der Waals surface area contributed by atoms with Crippen LogP contribution in [0, 0.1) is 5.41 Å². The second-order valence-corrected chi connectivity index (χ2v) is 6.13. The summed E-state index contributed by atoms with van der Waals surface area (Å²) in [7, 11) is 1.64. The van der Waals surface area contributed by atoms with Gasteiger partial charge in [0, 0.05) is 24.6 Å². The number of carbonyl (C=O) groups is 1. The lowest BCUT2D eigenvalue weighted by Gasteiger charge is -2.03. The van der Waals surface area contributed by atoms with Crippen LogP contribution < -0.4 is 11.4 Å². The number of nitrogens with two attached hydrogens (primary N) is 1. The van der Waals surface area contributed by atoms with Gasteiger partial charge in [-0.05, 0) is 24.1 Å². The molecule has 0 bridgehead atoms. The summed E-state index contributed by atoms with van der Waals surface area (Å²) in [6.45, 7) is 0. The Morgan fingerprint density at radius 3 is 2.33 bits per heavy atom. The van der Waals surface area contributed by atoms with E-state index in [0.29, 0.717) is 23.5 Å². The van der Waals surface area contributed by atoms with Gasteiger partial charge in [-0.2, -0.15) is 4.68 Å². The van der Waals surface area contributed by atoms with Crippen molar-refractivity contribution in [1.29, 1.82) is 5.41 Å². The number of hydrogen-bond donors (Lipinski definition) is 3. The van der Waals surface area contributed by atoms with E-state index in [2.05, 4.69) is 5.10 Å². The minimum Gasteiger partial charge on any atom is -0.481 e. The largest absolute Gasteiger partial charge is 0.481 e. The number of aliphatic carboxylic acids is 1. The van der Waals surface area contributed by atoms with Gasteiger partial charge in [-0.1, -0.05) is 36.4 Å². The van der Waals surface area contributed by atoms with Gasteiger partial charge in [0.1, 0.15) is 5.84 Å². The van der Waals surface area contributed by atoms with Crippen LogP contribution in [0.5, 0.6) is 0 Å². The quantitative estimate of drug-likeness (QED) is 0.451. The van der Waals surface area contributed by atoms with E-state index in [1.165, 1.54) is 9.25 Å². The molecule has 8 nitrogen and oxygen atoms in total. The zero-order valence-corrected chi connectivity index (χ0v) is 14.7. The predicted molar refractivity (Wildman–Crippen MR) is 101 cm³/mol. The Bertz CT molecular complexity index is 1050. The summed E-state index contributed by atoms with van der Waals surface area (Å²) in [4.78, 5) is 23.2. The Morgan fingerprint density at radius 2 is 1.78 bits per heavy atom. The van der Waals surface area contributed by atoms with E-state index in [1.54, 1.807) is 55.6 Å². The maximum atomic E-state index is 12.6. The molecule has 1 aromatic heterocycles. The highest BCUT2D eigenvalue weighted by molar-refractivity contribution is 5.95. The standard InChI is InChI=1S/C19H19N5O3/c1-23-18(14-7-5-13(6-8-14)17(20)21)22-24(19(23)27)15-9-2-12(3-10-15)4-11-16(25)26/h2-3,5-10H,4,11H2,1H3,(H3,20,21)(H,25,26). The van der Waals surface area contributed by atoms with Crippen LogP contribution in [0.1, 0.15) is 17.5 Å². The Kier molecular flexibility index (Phi) is 4.89. The molecule has 3 rings (SSSR count). The van der Waals surface area contributed by atoms with E-state index in [0.717, 1.165) is 11.1 Å². The van der Waals surface area contributed by atoms with Gasteiger partial charge in [-0.15, -0.1) is 5.10 Å². The third kappa shape index (κ3) is 3.79. The van der Waals surface area contributed by atoms with Crippen molar-refractivity contribution in [3.8, 4) is 17.1 Å². The number of carboxylic acid groups (broad SMARTS) is 1. The summed E-state index contributed by atoms with van der Waals surface area (Å²) in [5.74, 6) is -0.380. The molecule has 27 heavy (non-hydrogen) atoms. The van der Waals surface area contributed by atoms with Crippen molar-refractivity contribution in [2.24, 2.45) is 12.8 Å². The fourth-order valence-electron chi connectivity index (χ4n) is 2.71. The molecule has 0 spiro atoms. The molecule has 8 heteroatoms. The van der Waals surface area contributed by atoms with Gasteiger partial charge in [-0.25, -0.2) is 4.79 Å². The van der Waals surface area contributed by atoms with E-state index < -0.39 is 5.97 Å². The third-order valence-electron chi connectivity index (χ3n) is 4.24. The molecule has 0 atom stereocenters. The molecule has 0 unspecified atom stereocenters. The molecular formula is C19H19N5O3. The summed E-state index contributed by atoms with van der Waals surface area (Å²) in [5.41, 5.74) is 7.98. The van der Waals surface area contributed by atoms with Crippen molar-refractivity contribution in [2.75, 3.05) is 0 Å². The van der Waals surface area contributed by atoms with Gasteiger partial charge in [0.15, 0.2) is 5.82 Å². The number of benzene rings is 2. The molecule has 0 saturated heterocycles. The molecule has 0 fully saturated rings. The smallest absolute Gasteiger partial charge is 0.350 e. The first-order valence-electron chi connectivity index (χ1n) is 8.29. The number of amidine groups is 1. The fraction of sp³-hybridized carbons (Fsp3) is 0.158. The van der Waals surface area contributed by atoms with Crippen molar-refractivity contribution in [3.05, 3.63) is 70.1 Å². The topological polar surface area (TPSA) is 127 Å². The molecule has 3 aromatic rings. The van der Waals surface area contributed by atoms with Gasteiger partial charge in [0.2, 0.25) is 0 Å². The maximum absolute atomic E-state index is 12.6. The van der Waals surface area contributed by atoms with Crippen LogP contribution in [0.3, 0.4) is 0 Å². The first-order chi connectivity index (χ1) is 12.9. The van der Waals surface area contributed by atoms with Crippen molar-refractivity contribution >= 4 is 11.8 Å². The predicted octanol–water partition coefficient (Wildman–Crippen LogP) is 1.54. The Balaban J connectivity index is 1.92. The lowest BCUT2D eigenvalue weighted by atomic mass is 10.1. The zero-order chi connectivity index (χ0) is 19.6. The number of nitrogens with one attached hydrogen (secondary N) is 1. The van der Waals surface area contributed by atoms with E-state index >= 15 is 0 Å². The van der Waals surface area contributed by atoms with Gasteiger partial charge in [-0.3, -0.25) is 14.8 Å². The van der Waals surface area contributed by atoms with Crippen LogP contribution in [0.2, 0.25) is 0 Å². The number of nitrogens with zero attached hydrogens (tertiary/aromatic N) is 3. The van der Waals surface area contributed by atoms with Crippen LogP contribution in [0.25, 0.3) is 17.1 Å². The van der Waals surface area contributed by atoms with Gasteiger partial charge in [0.05, 0.1) is 5.69 Å². The summed E-state index contributed by atoms with van der Waals surface area (Å²) in [5, 5.41) is 20.6. The lowest BCUT2D eigenvalue weighted by molar-refractivity contribution is -0.136. The van der Waals surface area contributed by atoms with E-state index in [9.17, 15) is 9.59 Å². The fourth-order valence-corrected chi connectivity index (χ4v) is 2.71. The van der Waals surface area contributed by atoms with Crippen LogP contribution in [-0.2, 0) is 18.3 Å². The summed E-state index contributed by atoms with van der Waals surface area (Å²) in [6.07, 6.45) is 0.490. The van der Waals surface area contributed by atoms with Crippen molar-refractivity contribution < 1.29 is 9.90 Å². The van der Waals surface area contributed by atoms with E-state index in [-0.39, 0.29) is 17.9 Å². The zero-order valence-electron chi connectivity index (χ0n) is 14.7. The third-order valence-corrected chi connectivity index (χ3v) is 4.24. The maximum Gasteiger partial charge on any atom is 0.350 e. The average Bonchev–Trinajstić information content (AvgIpc) is 2.96. The highest BCUT2D eigenvalue weighted by atomic mass is 16.4. The first kappa shape index (κ1) is 18.1. The molecule has 0 aliphatic heterocycles. The highest BCUT2D eigenvalue weighted by Crippen LogP contribution is 2.17. The molecule has 4 N–H and O–H groups in total. The number of carboxylic acids is 1. The molecule has 138 valence electrons. The van der Waals surface area contributed by atoms with Crippen LogP contribution in [-0.4, -0.2) is 31.3 Å². The Labute approximate surface area is 155 Å². The van der Waals surface area contributed by atoms with Gasteiger partial charge >= 0.3 is 11.7 Å². The van der Waals surface area contributed by atoms with Gasteiger partial charge < -0.3 is 10.8 Å². The van der Waals surface area contributed by atoms with E-state index in [4.69, 9.17) is 16.2 Å². The molecule has 0 aliphatic rings. The molecular weight excluding hydrogens is 346 g/mol. The summed E-state index contributed by atoms with van der Waals surface area (Å²) < 4.78 is 2.75.